The van der Waals surface area contributed by atoms with E-state index in [0.29, 0.717) is 17.1 Å². The summed E-state index contributed by atoms with van der Waals surface area (Å²) >= 11 is 1.55. The lowest BCUT2D eigenvalue weighted by Crippen LogP contribution is -2.50. The van der Waals surface area contributed by atoms with E-state index in [1.54, 1.807) is 37.0 Å². The van der Waals surface area contributed by atoms with Crippen LogP contribution in [0.15, 0.2) is 34.5 Å². The molecule has 1 aliphatic rings. The molecule has 0 bridgehead atoms. The molecule has 4 rings (SSSR count). The first kappa shape index (κ1) is 26.2. The molecule has 7 nitrogen and oxygen atoms in total. The van der Waals surface area contributed by atoms with Gasteiger partial charge in [0.2, 0.25) is 0 Å². The summed E-state index contributed by atoms with van der Waals surface area (Å²) < 4.78 is 18.8. The maximum Gasteiger partial charge on any atom is 0.272 e. The largest absolute Gasteiger partial charge is 0.496 e. The number of aromatic nitrogens is 2. The molecule has 180 valence electrons. The van der Waals surface area contributed by atoms with Crippen molar-refractivity contribution < 1.29 is 19.0 Å². The van der Waals surface area contributed by atoms with Crippen molar-refractivity contribution in [1.82, 2.24) is 15.1 Å². The number of rotatable bonds is 8. The Morgan fingerprint density at radius 1 is 1.31 bits per heavy atom. The lowest BCUT2D eigenvalue weighted by molar-refractivity contribution is 0.0646. The molecule has 3 heterocycles. The molecule has 0 unspecified atom stereocenters. The molecule has 2 aromatic heterocycles. The Hall–Kier alpha value is -2.91. The second-order valence-electron chi connectivity index (χ2n) is 9.65. The van der Waals surface area contributed by atoms with Crippen molar-refractivity contribution in [3.05, 3.63) is 51.4 Å². The summed E-state index contributed by atoms with van der Waals surface area (Å²) in [5.74, 6) is 0.985. The normalized spacial score (nSPS) is 12.8. The Kier molecular flexibility index (Phi) is 7.17. The summed E-state index contributed by atoms with van der Waals surface area (Å²) in [5, 5.41) is 9.81. The highest BCUT2D eigenvalue weighted by Crippen LogP contribution is 2.44. The van der Waals surface area contributed by atoms with E-state index in [1.807, 2.05) is 48.9 Å². The van der Waals surface area contributed by atoms with Gasteiger partial charge in [-0.2, -0.15) is 16.4 Å². The quantitative estimate of drug-likeness (QED) is 0.483. The van der Waals surface area contributed by atoms with Crippen LogP contribution >= 0.6 is 11.3 Å². The van der Waals surface area contributed by atoms with E-state index in [4.69, 9.17) is 42.8 Å². The van der Waals surface area contributed by atoms with Crippen LogP contribution < -0.4 is 14.8 Å². The van der Waals surface area contributed by atoms with Gasteiger partial charge in [0, 0.05) is 28.1 Å². The maximum atomic E-state index is 13.4. The fraction of sp³-hybridized carbons (Fsp3) is 0.360. The Morgan fingerprint density at radius 2 is 2.06 bits per heavy atom. The molecule has 1 N–H and O–H groups in total. The van der Waals surface area contributed by atoms with Gasteiger partial charge in [0.15, 0.2) is 5.69 Å². The number of fused-ring (bicyclic) bond motifs is 3. The molecular formula is C25H26B3N3O4S. The van der Waals surface area contributed by atoms with Gasteiger partial charge >= 0.3 is 0 Å². The molecule has 1 aromatic carbocycles. The molecular weight excluding hydrogens is 471 g/mol. The van der Waals surface area contributed by atoms with Crippen LogP contribution in [0.1, 0.15) is 49.3 Å². The summed E-state index contributed by atoms with van der Waals surface area (Å²) in [7, 11) is 18.2. The Balaban J connectivity index is 1.81. The van der Waals surface area contributed by atoms with Gasteiger partial charge in [-0.25, -0.2) is 4.68 Å². The number of carbonyl (C=O) groups is 1. The van der Waals surface area contributed by atoms with Gasteiger partial charge in [0.05, 0.1) is 54.2 Å². The van der Waals surface area contributed by atoms with E-state index in [9.17, 15) is 4.79 Å². The topological polar surface area (TPSA) is 74.6 Å². The van der Waals surface area contributed by atoms with E-state index in [0.717, 1.165) is 28.1 Å². The Labute approximate surface area is 219 Å². The lowest BCUT2D eigenvalue weighted by atomic mass is 9.52. The SMILES string of the molecule is [B]C([B])([B])OCC(C)(C)NC(=O)c1nn(-c2ccsc2)c2c1COc1cc(OC)c(C=C(C)C)cc1-2. The average molecular weight is 497 g/mol. The second kappa shape index (κ2) is 9.86. The highest BCUT2D eigenvalue weighted by Gasteiger charge is 2.33. The van der Waals surface area contributed by atoms with Crippen molar-refractivity contribution in [2.45, 2.75) is 45.1 Å². The summed E-state index contributed by atoms with van der Waals surface area (Å²) in [6.45, 7) is 7.78. The minimum Gasteiger partial charge on any atom is -0.496 e. The Bertz CT molecular complexity index is 1310. The number of carbonyl (C=O) groups excluding carboxylic acids is 1. The average Bonchev–Trinajstić information content (AvgIpc) is 3.44. The third kappa shape index (κ3) is 5.57. The molecule has 3 aromatic rings. The number of nitrogens with zero attached hydrogens (tertiary/aromatic N) is 2. The Morgan fingerprint density at radius 3 is 2.67 bits per heavy atom. The first-order valence-corrected chi connectivity index (χ1v) is 12.3. The fourth-order valence-corrected chi connectivity index (χ4v) is 4.57. The van der Waals surface area contributed by atoms with Crippen molar-refractivity contribution in [2.75, 3.05) is 13.7 Å². The standard InChI is InChI=1S/C25H26B3N3O4S/c1-14(2)8-15-9-17-20(10-19(15)33-5)34-11-18-21(30-31(22(17)18)16-6-7-36-12-16)23(32)29-24(3,4)13-35-25(26,27)28/h6-10,12H,11,13H2,1-5H3,(H,29,32). The van der Waals surface area contributed by atoms with Crippen LogP contribution in [0.4, 0.5) is 0 Å². The number of hydrogen-bond donors (Lipinski definition) is 1. The number of benzene rings is 1. The molecule has 0 saturated heterocycles. The van der Waals surface area contributed by atoms with Gasteiger partial charge in [-0.3, -0.25) is 4.79 Å². The van der Waals surface area contributed by atoms with E-state index in [1.165, 1.54) is 0 Å². The van der Waals surface area contributed by atoms with Crippen molar-refractivity contribution in [3.63, 3.8) is 0 Å². The zero-order valence-corrected chi connectivity index (χ0v) is 21.9. The number of amides is 1. The minimum absolute atomic E-state index is 0.000854. The van der Waals surface area contributed by atoms with Crippen LogP contribution in [-0.4, -0.2) is 63.8 Å². The van der Waals surface area contributed by atoms with Crippen molar-refractivity contribution in [1.29, 1.82) is 0 Å². The van der Waals surface area contributed by atoms with Crippen LogP contribution in [0.5, 0.6) is 11.5 Å². The lowest BCUT2D eigenvalue weighted by Gasteiger charge is -2.31. The van der Waals surface area contributed by atoms with Crippen LogP contribution in [-0.2, 0) is 11.3 Å². The van der Waals surface area contributed by atoms with Gasteiger partial charge in [-0.1, -0.05) is 11.6 Å². The summed E-state index contributed by atoms with van der Waals surface area (Å²) in [6, 6.07) is 5.83. The van der Waals surface area contributed by atoms with Crippen LogP contribution in [0.25, 0.3) is 23.0 Å². The highest BCUT2D eigenvalue weighted by atomic mass is 32.1. The number of hydrogen-bond acceptors (Lipinski definition) is 6. The number of methoxy groups -OCH3 is 1. The summed E-state index contributed by atoms with van der Waals surface area (Å²) in [6.07, 6.45) is 2.04. The van der Waals surface area contributed by atoms with Gasteiger partial charge in [-0.05, 0) is 50.5 Å². The highest BCUT2D eigenvalue weighted by molar-refractivity contribution is 7.08. The maximum absolute atomic E-state index is 13.4. The molecule has 36 heavy (non-hydrogen) atoms. The third-order valence-electron chi connectivity index (χ3n) is 5.49. The monoisotopic (exact) mass is 497 g/mol. The minimum atomic E-state index is -1.80. The molecule has 1 aliphatic heterocycles. The fourth-order valence-electron chi connectivity index (χ4n) is 3.95. The van der Waals surface area contributed by atoms with Crippen LogP contribution in [0.2, 0.25) is 0 Å². The molecule has 11 heteroatoms. The zero-order valence-electron chi connectivity index (χ0n) is 21.0. The van der Waals surface area contributed by atoms with Gasteiger partial charge < -0.3 is 19.5 Å². The first-order chi connectivity index (χ1) is 16.9. The second-order valence-corrected chi connectivity index (χ2v) is 10.4. The van der Waals surface area contributed by atoms with E-state index < -0.39 is 10.8 Å². The van der Waals surface area contributed by atoms with E-state index in [-0.39, 0.29) is 24.8 Å². The van der Waals surface area contributed by atoms with E-state index in [2.05, 4.69) is 5.32 Å². The molecule has 6 radical (unpaired) electrons. The molecule has 1 amide bonds. The zero-order chi connectivity index (χ0) is 26.3. The molecule has 0 saturated carbocycles. The van der Waals surface area contributed by atoms with Crippen LogP contribution in [0, 0.1) is 0 Å². The number of nitrogens with one attached hydrogen (secondary N) is 1. The van der Waals surface area contributed by atoms with Crippen molar-refractivity contribution in [3.8, 4) is 28.4 Å². The molecule has 0 atom stereocenters. The summed E-state index contributed by atoms with van der Waals surface area (Å²) in [4.78, 5) is 13.4. The number of ether oxygens (including phenoxy) is 3. The van der Waals surface area contributed by atoms with Crippen molar-refractivity contribution in [2.24, 2.45) is 0 Å². The van der Waals surface area contributed by atoms with Gasteiger partial charge in [-0.15, -0.1) is 0 Å². The van der Waals surface area contributed by atoms with Gasteiger partial charge in [0.1, 0.15) is 18.1 Å². The predicted octanol–water partition coefficient (Wildman–Crippen LogP) is 3.57. The molecule has 0 fully saturated rings. The first-order valence-electron chi connectivity index (χ1n) is 11.4. The molecule has 0 spiro atoms. The third-order valence-corrected chi connectivity index (χ3v) is 6.16. The predicted molar refractivity (Wildman–Crippen MR) is 145 cm³/mol. The summed E-state index contributed by atoms with van der Waals surface area (Å²) in [5.41, 5.74) is 4.62. The smallest absolute Gasteiger partial charge is 0.272 e. The molecule has 0 aliphatic carbocycles. The van der Waals surface area contributed by atoms with Crippen molar-refractivity contribution >= 4 is 46.9 Å². The van der Waals surface area contributed by atoms with E-state index >= 15 is 0 Å². The van der Waals surface area contributed by atoms with Crippen LogP contribution in [0.3, 0.4) is 0 Å². The number of thiophene rings is 1. The number of allylic oxidation sites excluding steroid dienone is 1. The van der Waals surface area contributed by atoms with Gasteiger partial charge in [0.25, 0.3) is 5.91 Å².